The van der Waals surface area contributed by atoms with Crippen LogP contribution in [-0.4, -0.2) is 48.5 Å². The van der Waals surface area contributed by atoms with Crippen LogP contribution in [0.2, 0.25) is 0 Å². The Labute approximate surface area is 102 Å². The first-order valence-corrected chi connectivity index (χ1v) is 7.47. The maximum absolute atomic E-state index is 11.9. The number of likely N-dealkylation sites (tertiary alicyclic amines) is 1. The van der Waals surface area contributed by atoms with E-state index in [0.717, 1.165) is 37.8 Å². The van der Waals surface area contributed by atoms with E-state index in [1.54, 1.807) is 0 Å². The highest BCUT2D eigenvalue weighted by Crippen LogP contribution is 2.18. The Morgan fingerprint density at radius 3 is 2.94 bits per heavy atom. The van der Waals surface area contributed by atoms with Crippen LogP contribution in [0, 0.1) is 11.8 Å². The molecule has 1 unspecified atom stereocenters. The predicted molar refractivity (Wildman–Crippen MR) is 68.7 cm³/mol. The van der Waals surface area contributed by atoms with Gasteiger partial charge in [-0.3, -0.25) is 4.79 Å². The number of hydrogen-bond acceptors (Lipinski definition) is 3. The molecule has 16 heavy (non-hydrogen) atoms. The SMILES string of the molecule is CC1CCCN(C(=O)CSCC2CNC2)C1. The van der Waals surface area contributed by atoms with Crippen LogP contribution in [0.25, 0.3) is 0 Å². The molecule has 1 amide bonds. The third-order valence-corrected chi connectivity index (χ3v) is 4.61. The average Bonchev–Trinajstić information content (AvgIpc) is 2.21. The molecule has 2 rings (SSSR count). The van der Waals surface area contributed by atoms with Gasteiger partial charge < -0.3 is 10.2 Å². The smallest absolute Gasteiger partial charge is 0.232 e. The summed E-state index contributed by atoms with van der Waals surface area (Å²) in [5.74, 6) is 3.67. The first kappa shape index (κ1) is 12.2. The molecule has 2 fully saturated rings. The standard InChI is InChI=1S/C12H22N2OS/c1-10-3-2-4-14(7-10)12(15)9-16-8-11-5-13-6-11/h10-11,13H,2-9H2,1H3. The van der Waals surface area contributed by atoms with Crippen molar-refractivity contribution in [3.8, 4) is 0 Å². The Hall–Kier alpha value is -0.220. The maximum Gasteiger partial charge on any atom is 0.232 e. The second-order valence-corrected chi connectivity index (χ2v) is 6.16. The van der Waals surface area contributed by atoms with Gasteiger partial charge in [0.15, 0.2) is 0 Å². The molecule has 2 saturated heterocycles. The summed E-state index contributed by atoms with van der Waals surface area (Å²) in [6, 6.07) is 0. The largest absolute Gasteiger partial charge is 0.342 e. The third kappa shape index (κ3) is 3.39. The lowest BCUT2D eigenvalue weighted by Crippen LogP contribution is -2.44. The number of amides is 1. The molecular formula is C12H22N2OS. The van der Waals surface area contributed by atoms with Crippen LogP contribution in [0.15, 0.2) is 0 Å². The number of piperidine rings is 1. The number of hydrogen-bond donors (Lipinski definition) is 1. The highest BCUT2D eigenvalue weighted by molar-refractivity contribution is 7.99. The lowest BCUT2D eigenvalue weighted by Gasteiger charge is -2.31. The van der Waals surface area contributed by atoms with Crippen molar-refractivity contribution >= 4 is 17.7 Å². The molecule has 0 radical (unpaired) electrons. The molecule has 3 nitrogen and oxygen atoms in total. The van der Waals surface area contributed by atoms with Crippen molar-refractivity contribution in [1.29, 1.82) is 0 Å². The second-order valence-electron chi connectivity index (χ2n) is 5.13. The van der Waals surface area contributed by atoms with E-state index in [1.807, 2.05) is 11.8 Å². The molecular weight excluding hydrogens is 220 g/mol. The lowest BCUT2D eigenvalue weighted by molar-refractivity contribution is -0.130. The van der Waals surface area contributed by atoms with Gasteiger partial charge in [0, 0.05) is 13.1 Å². The quantitative estimate of drug-likeness (QED) is 0.804. The highest BCUT2D eigenvalue weighted by Gasteiger charge is 2.22. The molecule has 2 aliphatic rings. The summed E-state index contributed by atoms with van der Waals surface area (Å²) in [6.45, 7) is 6.48. The molecule has 0 aromatic heterocycles. The zero-order valence-electron chi connectivity index (χ0n) is 10.1. The molecule has 1 N–H and O–H groups in total. The molecule has 0 bridgehead atoms. The van der Waals surface area contributed by atoms with Crippen LogP contribution in [-0.2, 0) is 4.79 Å². The van der Waals surface area contributed by atoms with Gasteiger partial charge in [0.05, 0.1) is 5.75 Å². The summed E-state index contributed by atoms with van der Waals surface area (Å²) in [5, 5.41) is 3.26. The fourth-order valence-corrected chi connectivity index (χ4v) is 3.33. The van der Waals surface area contributed by atoms with Crippen molar-refractivity contribution in [3.05, 3.63) is 0 Å². The second kappa shape index (κ2) is 5.92. The van der Waals surface area contributed by atoms with Gasteiger partial charge in [0.2, 0.25) is 5.91 Å². The van der Waals surface area contributed by atoms with Crippen LogP contribution in [0.1, 0.15) is 19.8 Å². The monoisotopic (exact) mass is 242 g/mol. The number of thioether (sulfide) groups is 1. The first-order valence-electron chi connectivity index (χ1n) is 6.32. The molecule has 2 aliphatic heterocycles. The van der Waals surface area contributed by atoms with Gasteiger partial charge in [-0.2, -0.15) is 11.8 Å². The van der Waals surface area contributed by atoms with E-state index >= 15 is 0 Å². The molecule has 1 atom stereocenters. The minimum absolute atomic E-state index is 0.351. The first-order chi connectivity index (χ1) is 7.75. The van der Waals surface area contributed by atoms with E-state index in [9.17, 15) is 4.79 Å². The summed E-state index contributed by atoms with van der Waals surface area (Å²) < 4.78 is 0. The molecule has 0 spiro atoms. The molecule has 92 valence electrons. The Morgan fingerprint density at radius 1 is 1.50 bits per heavy atom. The molecule has 0 aliphatic carbocycles. The average molecular weight is 242 g/mol. The molecule has 2 heterocycles. The Morgan fingerprint density at radius 2 is 2.31 bits per heavy atom. The van der Waals surface area contributed by atoms with Gasteiger partial charge in [-0.1, -0.05) is 6.92 Å². The zero-order valence-corrected chi connectivity index (χ0v) is 10.9. The van der Waals surface area contributed by atoms with Crippen molar-refractivity contribution in [1.82, 2.24) is 10.2 Å². The Balaban J connectivity index is 1.62. The van der Waals surface area contributed by atoms with Crippen molar-refractivity contribution in [2.45, 2.75) is 19.8 Å². The van der Waals surface area contributed by atoms with Crippen LogP contribution in [0.4, 0.5) is 0 Å². The van der Waals surface area contributed by atoms with Gasteiger partial charge in [0.25, 0.3) is 0 Å². The number of carbonyl (C=O) groups excluding carboxylic acids is 1. The molecule has 4 heteroatoms. The number of carbonyl (C=O) groups is 1. The van der Waals surface area contributed by atoms with Crippen LogP contribution in [0.3, 0.4) is 0 Å². The van der Waals surface area contributed by atoms with Gasteiger partial charge >= 0.3 is 0 Å². The highest BCUT2D eigenvalue weighted by atomic mass is 32.2. The molecule has 0 aromatic carbocycles. The fraction of sp³-hybridized carbons (Fsp3) is 0.917. The van der Waals surface area contributed by atoms with Gasteiger partial charge in [-0.25, -0.2) is 0 Å². The van der Waals surface area contributed by atoms with E-state index in [1.165, 1.54) is 12.8 Å². The molecule has 0 saturated carbocycles. The predicted octanol–water partition coefficient (Wildman–Crippen LogP) is 1.20. The van der Waals surface area contributed by atoms with Crippen LogP contribution in [0.5, 0.6) is 0 Å². The summed E-state index contributed by atoms with van der Waals surface area (Å²) in [5.41, 5.74) is 0. The van der Waals surface area contributed by atoms with Crippen molar-refractivity contribution < 1.29 is 4.79 Å². The fourth-order valence-electron chi connectivity index (χ4n) is 2.29. The van der Waals surface area contributed by atoms with Crippen molar-refractivity contribution in [3.63, 3.8) is 0 Å². The minimum Gasteiger partial charge on any atom is -0.342 e. The van der Waals surface area contributed by atoms with Crippen LogP contribution < -0.4 is 5.32 Å². The summed E-state index contributed by atoms with van der Waals surface area (Å²) in [6.07, 6.45) is 2.47. The minimum atomic E-state index is 0.351. The van der Waals surface area contributed by atoms with E-state index in [0.29, 0.717) is 17.6 Å². The normalized spacial score (nSPS) is 26.6. The summed E-state index contributed by atoms with van der Waals surface area (Å²) in [7, 11) is 0. The molecule has 0 aromatic rings. The summed E-state index contributed by atoms with van der Waals surface area (Å²) >= 11 is 1.81. The number of nitrogens with zero attached hydrogens (tertiary/aromatic N) is 1. The topological polar surface area (TPSA) is 32.3 Å². The van der Waals surface area contributed by atoms with E-state index in [2.05, 4.69) is 17.1 Å². The van der Waals surface area contributed by atoms with Crippen LogP contribution >= 0.6 is 11.8 Å². The van der Waals surface area contributed by atoms with Crippen molar-refractivity contribution in [2.24, 2.45) is 11.8 Å². The Bertz CT molecular complexity index is 243. The zero-order chi connectivity index (χ0) is 11.4. The number of rotatable bonds is 4. The number of nitrogens with one attached hydrogen (secondary N) is 1. The van der Waals surface area contributed by atoms with Gasteiger partial charge in [-0.15, -0.1) is 0 Å². The lowest BCUT2D eigenvalue weighted by atomic mass is 10.0. The third-order valence-electron chi connectivity index (χ3n) is 3.45. The van der Waals surface area contributed by atoms with E-state index in [-0.39, 0.29) is 0 Å². The van der Waals surface area contributed by atoms with E-state index < -0.39 is 0 Å². The van der Waals surface area contributed by atoms with Crippen molar-refractivity contribution in [2.75, 3.05) is 37.7 Å². The summed E-state index contributed by atoms with van der Waals surface area (Å²) in [4.78, 5) is 14.0. The van der Waals surface area contributed by atoms with Gasteiger partial charge in [-0.05, 0) is 43.5 Å². The van der Waals surface area contributed by atoms with Gasteiger partial charge in [0.1, 0.15) is 0 Å². The van der Waals surface area contributed by atoms with E-state index in [4.69, 9.17) is 0 Å². The maximum atomic E-state index is 11.9. The Kier molecular flexibility index (Phi) is 4.53.